The quantitative estimate of drug-likeness (QED) is 0.803. The molecule has 2 rings (SSSR count). The number of nitrogen functional groups attached to an aromatic ring is 1. The largest absolute Gasteiger partial charge is 0.397 e. The van der Waals surface area contributed by atoms with Crippen LogP contribution in [0.2, 0.25) is 0 Å². The number of nitrogens with two attached hydrogens (primary N) is 1. The molecule has 0 bridgehead atoms. The van der Waals surface area contributed by atoms with Gasteiger partial charge >= 0.3 is 0 Å². The number of pyridine rings is 1. The second kappa shape index (κ2) is 3.68. The van der Waals surface area contributed by atoms with Gasteiger partial charge in [0.1, 0.15) is 12.0 Å². The van der Waals surface area contributed by atoms with Gasteiger partial charge in [-0.2, -0.15) is 0 Å². The van der Waals surface area contributed by atoms with Crippen LogP contribution in [0.1, 0.15) is 19.9 Å². The standard InChI is InChI=1S/C10H13N5/c1-7(2)15-6-13-14-10(15)9-8(11)4-3-5-12-9/h3-7H,11H2,1-2H3. The molecule has 5 nitrogen and oxygen atoms in total. The van der Waals surface area contributed by atoms with Crippen LogP contribution in [0.4, 0.5) is 5.69 Å². The van der Waals surface area contributed by atoms with Crippen molar-refractivity contribution in [3.05, 3.63) is 24.7 Å². The lowest BCUT2D eigenvalue weighted by molar-refractivity contribution is 0.603. The van der Waals surface area contributed by atoms with Crippen LogP contribution in [0.5, 0.6) is 0 Å². The summed E-state index contributed by atoms with van der Waals surface area (Å²) < 4.78 is 1.94. The summed E-state index contributed by atoms with van der Waals surface area (Å²) in [5.41, 5.74) is 7.14. The number of anilines is 1. The fraction of sp³-hybridized carbons (Fsp3) is 0.300. The average Bonchev–Trinajstić information content (AvgIpc) is 2.67. The molecule has 0 aliphatic carbocycles. The third-order valence-corrected chi connectivity index (χ3v) is 2.18. The van der Waals surface area contributed by atoms with Gasteiger partial charge in [-0.15, -0.1) is 10.2 Å². The summed E-state index contributed by atoms with van der Waals surface area (Å²) in [5.74, 6) is 0.711. The van der Waals surface area contributed by atoms with E-state index in [2.05, 4.69) is 29.0 Å². The molecule has 0 amide bonds. The summed E-state index contributed by atoms with van der Waals surface area (Å²) in [6.07, 6.45) is 3.39. The summed E-state index contributed by atoms with van der Waals surface area (Å²) in [5, 5.41) is 7.92. The molecule has 0 atom stereocenters. The van der Waals surface area contributed by atoms with Crippen LogP contribution in [-0.4, -0.2) is 19.7 Å². The number of hydrogen-bond donors (Lipinski definition) is 1. The molecule has 2 aromatic heterocycles. The molecule has 0 radical (unpaired) electrons. The van der Waals surface area contributed by atoms with Gasteiger partial charge in [0.15, 0.2) is 5.82 Å². The van der Waals surface area contributed by atoms with E-state index in [0.717, 1.165) is 0 Å². The highest BCUT2D eigenvalue weighted by atomic mass is 15.3. The van der Waals surface area contributed by atoms with Crippen LogP contribution < -0.4 is 5.73 Å². The SMILES string of the molecule is CC(C)n1cnnc1-c1ncccc1N. The average molecular weight is 203 g/mol. The van der Waals surface area contributed by atoms with Gasteiger partial charge in [0.25, 0.3) is 0 Å². The fourth-order valence-electron chi connectivity index (χ4n) is 1.39. The van der Waals surface area contributed by atoms with Crippen molar-refractivity contribution < 1.29 is 0 Å². The molecule has 0 unspecified atom stereocenters. The summed E-state index contributed by atoms with van der Waals surface area (Å²) >= 11 is 0. The molecule has 0 aliphatic heterocycles. The molecule has 0 spiro atoms. The van der Waals surface area contributed by atoms with Crippen LogP contribution in [0.3, 0.4) is 0 Å². The van der Waals surface area contributed by atoms with E-state index in [1.807, 2.05) is 10.6 Å². The first-order valence-electron chi connectivity index (χ1n) is 4.80. The zero-order valence-electron chi connectivity index (χ0n) is 8.75. The Hall–Kier alpha value is -1.91. The summed E-state index contributed by atoms with van der Waals surface area (Å²) in [4.78, 5) is 4.22. The Bertz CT molecular complexity index is 460. The summed E-state index contributed by atoms with van der Waals surface area (Å²) in [7, 11) is 0. The van der Waals surface area contributed by atoms with E-state index in [1.54, 1.807) is 18.6 Å². The molecule has 78 valence electrons. The van der Waals surface area contributed by atoms with Crippen molar-refractivity contribution >= 4 is 5.69 Å². The van der Waals surface area contributed by atoms with Crippen LogP contribution in [0, 0.1) is 0 Å². The highest BCUT2D eigenvalue weighted by Gasteiger charge is 2.12. The maximum absolute atomic E-state index is 5.84. The van der Waals surface area contributed by atoms with E-state index >= 15 is 0 Å². The minimum absolute atomic E-state index is 0.288. The molecule has 0 aliphatic rings. The van der Waals surface area contributed by atoms with Gasteiger partial charge in [0, 0.05) is 12.2 Å². The van der Waals surface area contributed by atoms with E-state index < -0.39 is 0 Å². The maximum atomic E-state index is 5.84. The monoisotopic (exact) mass is 203 g/mol. The lowest BCUT2D eigenvalue weighted by Crippen LogP contribution is -2.04. The zero-order valence-corrected chi connectivity index (χ0v) is 8.75. The lowest BCUT2D eigenvalue weighted by atomic mass is 10.2. The first-order valence-corrected chi connectivity index (χ1v) is 4.80. The third-order valence-electron chi connectivity index (χ3n) is 2.18. The van der Waals surface area contributed by atoms with Gasteiger partial charge in [0.2, 0.25) is 0 Å². The van der Waals surface area contributed by atoms with Crippen LogP contribution in [0.25, 0.3) is 11.5 Å². The minimum Gasteiger partial charge on any atom is -0.397 e. The van der Waals surface area contributed by atoms with Gasteiger partial charge in [0.05, 0.1) is 5.69 Å². The highest BCUT2D eigenvalue weighted by Crippen LogP contribution is 2.22. The van der Waals surface area contributed by atoms with E-state index in [0.29, 0.717) is 17.2 Å². The Morgan fingerprint density at radius 2 is 2.20 bits per heavy atom. The van der Waals surface area contributed by atoms with Crippen LogP contribution >= 0.6 is 0 Å². The second-order valence-corrected chi connectivity index (χ2v) is 3.60. The zero-order chi connectivity index (χ0) is 10.8. The predicted molar refractivity (Wildman–Crippen MR) is 58.1 cm³/mol. The Morgan fingerprint density at radius 1 is 1.40 bits per heavy atom. The normalized spacial score (nSPS) is 10.9. The van der Waals surface area contributed by atoms with Crippen molar-refractivity contribution in [3.8, 4) is 11.5 Å². The van der Waals surface area contributed by atoms with E-state index in [9.17, 15) is 0 Å². The second-order valence-electron chi connectivity index (χ2n) is 3.60. The summed E-state index contributed by atoms with van der Waals surface area (Å²) in [6, 6.07) is 3.90. The Labute approximate surface area is 88.0 Å². The Kier molecular flexibility index (Phi) is 2.37. The Balaban J connectivity index is 2.55. The molecule has 2 N–H and O–H groups in total. The number of nitrogens with zero attached hydrogens (tertiary/aromatic N) is 4. The molecule has 2 heterocycles. The number of rotatable bonds is 2. The topological polar surface area (TPSA) is 69.6 Å². The minimum atomic E-state index is 0.288. The van der Waals surface area contributed by atoms with Crippen LogP contribution in [-0.2, 0) is 0 Å². The lowest BCUT2D eigenvalue weighted by Gasteiger charge is -2.10. The van der Waals surface area contributed by atoms with E-state index in [1.165, 1.54) is 0 Å². The van der Waals surface area contributed by atoms with Crippen molar-refractivity contribution in [2.45, 2.75) is 19.9 Å². The van der Waals surface area contributed by atoms with Crippen molar-refractivity contribution in [1.82, 2.24) is 19.7 Å². The highest BCUT2D eigenvalue weighted by molar-refractivity contribution is 5.66. The molecule has 0 saturated heterocycles. The third kappa shape index (κ3) is 1.68. The summed E-state index contributed by atoms with van der Waals surface area (Å²) in [6.45, 7) is 4.12. The molecular formula is C10H13N5. The molecule has 2 aromatic rings. The van der Waals surface area contributed by atoms with Crippen molar-refractivity contribution in [1.29, 1.82) is 0 Å². The van der Waals surface area contributed by atoms with E-state index in [4.69, 9.17) is 5.73 Å². The van der Waals surface area contributed by atoms with Crippen molar-refractivity contribution in [2.24, 2.45) is 0 Å². The number of hydrogen-bond acceptors (Lipinski definition) is 4. The Morgan fingerprint density at radius 3 is 2.87 bits per heavy atom. The maximum Gasteiger partial charge on any atom is 0.184 e. The van der Waals surface area contributed by atoms with Gasteiger partial charge in [-0.05, 0) is 26.0 Å². The van der Waals surface area contributed by atoms with Gasteiger partial charge < -0.3 is 10.3 Å². The van der Waals surface area contributed by atoms with Crippen molar-refractivity contribution in [2.75, 3.05) is 5.73 Å². The molecule has 0 aromatic carbocycles. The fourth-order valence-corrected chi connectivity index (χ4v) is 1.39. The van der Waals surface area contributed by atoms with Gasteiger partial charge in [-0.1, -0.05) is 0 Å². The molecule has 0 saturated carbocycles. The van der Waals surface area contributed by atoms with E-state index in [-0.39, 0.29) is 6.04 Å². The molecular weight excluding hydrogens is 190 g/mol. The first kappa shape index (κ1) is 9.64. The van der Waals surface area contributed by atoms with Gasteiger partial charge in [-0.25, -0.2) is 0 Å². The molecule has 5 heteroatoms. The van der Waals surface area contributed by atoms with Crippen LogP contribution in [0.15, 0.2) is 24.7 Å². The van der Waals surface area contributed by atoms with Gasteiger partial charge in [-0.3, -0.25) is 4.98 Å². The predicted octanol–water partition coefficient (Wildman–Crippen LogP) is 1.50. The smallest absolute Gasteiger partial charge is 0.184 e. The molecule has 0 fully saturated rings. The molecule has 15 heavy (non-hydrogen) atoms. The van der Waals surface area contributed by atoms with Crippen molar-refractivity contribution in [3.63, 3.8) is 0 Å². The first-order chi connectivity index (χ1) is 7.20. The number of aromatic nitrogens is 4.